The molecule has 1 saturated heterocycles. The molecular formula is C18H24N4O3. The summed E-state index contributed by atoms with van der Waals surface area (Å²) in [5, 5.41) is 7.21. The van der Waals surface area contributed by atoms with Gasteiger partial charge in [-0.05, 0) is 32.4 Å². The second kappa shape index (κ2) is 6.74. The van der Waals surface area contributed by atoms with Crippen LogP contribution in [-0.2, 0) is 16.6 Å². The molecule has 2 amide bonds. The van der Waals surface area contributed by atoms with E-state index in [1.54, 1.807) is 22.8 Å². The van der Waals surface area contributed by atoms with E-state index >= 15 is 0 Å². The van der Waals surface area contributed by atoms with Gasteiger partial charge in [0.15, 0.2) is 0 Å². The smallest absolute Gasteiger partial charge is 0.226 e. The van der Waals surface area contributed by atoms with Gasteiger partial charge in [0.1, 0.15) is 11.5 Å². The molecule has 1 aliphatic rings. The summed E-state index contributed by atoms with van der Waals surface area (Å²) >= 11 is 0. The first-order valence-corrected chi connectivity index (χ1v) is 8.47. The molecular weight excluding hydrogens is 320 g/mol. The molecule has 0 aromatic carbocycles. The van der Waals surface area contributed by atoms with E-state index in [0.29, 0.717) is 12.8 Å². The normalized spacial score (nSPS) is 22.1. The maximum Gasteiger partial charge on any atom is 0.226 e. The van der Waals surface area contributed by atoms with Crippen molar-refractivity contribution in [1.29, 1.82) is 0 Å². The first kappa shape index (κ1) is 17.3. The molecule has 3 rings (SSSR count). The van der Waals surface area contributed by atoms with Gasteiger partial charge in [0, 0.05) is 32.3 Å². The summed E-state index contributed by atoms with van der Waals surface area (Å²) in [6.45, 7) is 3.77. The van der Waals surface area contributed by atoms with E-state index < -0.39 is 0 Å². The molecule has 0 bridgehead atoms. The summed E-state index contributed by atoms with van der Waals surface area (Å²) in [4.78, 5) is 26.7. The number of nitrogens with one attached hydrogen (secondary N) is 1. The van der Waals surface area contributed by atoms with Crippen molar-refractivity contribution >= 4 is 11.8 Å². The van der Waals surface area contributed by atoms with Gasteiger partial charge in [0.05, 0.1) is 24.2 Å². The number of carbonyl (C=O) groups excluding carboxylic acids is 2. The van der Waals surface area contributed by atoms with Gasteiger partial charge in [0.25, 0.3) is 0 Å². The van der Waals surface area contributed by atoms with Crippen LogP contribution in [0.2, 0.25) is 0 Å². The highest BCUT2D eigenvalue weighted by atomic mass is 16.3. The third kappa shape index (κ3) is 3.45. The van der Waals surface area contributed by atoms with Crippen molar-refractivity contribution in [2.24, 2.45) is 13.0 Å². The minimum atomic E-state index is -0.314. The van der Waals surface area contributed by atoms with Crippen molar-refractivity contribution in [2.45, 2.75) is 38.8 Å². The highest BCUT2D eigenvalue weighted by Gasteiger charge is 2.39. The quantitative estimate of drug-likeness (QED) is 0.921. The fraction of sp³-hybridized carbons (Fsp3) is 0.500. The number of carbonyl (C=O) groups is 2. The van der Waals surface area contributed by atoms with Crippen LogP contribution in [0.15, 0.2) is 28.9 Å². The maximum absolute atomic E-state index is 12.9. The fourth-order valence-electron chi connectivity index (χ4n) is 3.44. The van der Waals surface area contributed by atoms with Crippen LogP contribution in [0.5, 0.6) is 0 Å². The number of likely N-dealkylation sites (tertiary alicyclic amines) is 1. The number of rotatable bonds is 4. The van der Waals surface area contributed by atoms with Gasteiger partial charge in [-0.25, -0.2) is 0 Å². The third-order valence-electron chi connectivity index (χ3n) is 4.81. The third-order valence-corrected chi connectivity index (χ3v) is 4.81. The Hall–Kier alpha value is -2.57. The Balaban J connectivity index is 1.80. The SMILES string of the molecule is Cc1ccc([C@H](C)NC(=O)[C@@H]2CCC(=O)N(C)[C@H]2c2cnn(C)c2)o1. The molecule has 2 aromatic rings. The number of piperidine rings is 1. The van der Waals surface area contributed by atoms with E-state index in [-0.39, 0.29) is 29.8 Å². The second-order valence-electron chi connectivity index (χ2n) is 6.72. The maximum atomic E-state index is 12.9. The van der Waals surface area contributed by atoms with Crippen LogP contribution in [0.1, 0.15) is 48.9 Å². The zero-order chi connectivity index (χ0) is 18.1. The number of aryl methyl sites for hydroxylation is 2. The van der Waals surface area contributed by atoms with Crippen LogP contribution in [-0.4, -0.2) is 33.5 Å². The zero-order valence-corrected chi connectivity index (χ0v) is 15.0. The Bertz CT molecular complexity index is 779. The highest BCUT2D eigenvalue weighted by molar-refractivity contribution is 5.85. The molecule has 2 aromatic heterocycles. The van der Waals surface area contributed by atoms with Gasteiger partial charge in [-0.2, -0.15) is 5.10 Å². The van der Waals surface area contributed by atoms with Crippen molar-refractivity contribution in [3.63, 3.8) is 0 Å². The number of hydrogen-bond donors (Lipinski definition) is 1. The summed E-state index contributed by atoms with van der Waals surface area (Å²) in [6, 6.07) is 3.22. The van der Waals surface area contributed by atoms with Crippen molar-refractivity contribution < 1.29 is 14.0 Å². The Morgan fingerprint density at radius 1 is 1.40 bits per heavy atom. The van der Waals surface area contributed by atoms with Crippen molar-refractivity contribution in [1.82, 2.24) is 20.0 Å². The molecule has 1 N–H and O–H groups in total. The molecule has 1 aliphatic heterocycles. The Labute approximate surface area is 147 Å². The minimum absolute atomic E-state index is 0.0487. The summed E-state index contributed by atoms with van der Waals surface area (Å²) < 4.78 is 7.28. The molecule has 7 heteroatoms. The molecule has 1 fully saturated rings. The van der Waals surface area contributed by atoms with Gasteiger partial charge < -0.3 is 14.6 Å². The summed E-state index contributed by atoms with van der Waals surface area (Å²) in [7, 11) is 3.57. The summed E-state index contributed by atoms with van der Waals surface area (Å²) in [6.07, 6.45) is 4.48. The lowest BCUT2D eigenvalue weighted by molar-refractivity contribution is -0.141. The summed E-state index contributed by atoms with van der Waals surface area (Å²) in [5.41, 5.74) is 0.875. The molecule has 0 aliphatic carbocycles. The lowest BCUT2D eigenvalue weighted by atomic mass is 9.85. The predicted octanol–water partition coefficient (Wildman–Crippen LogP) is 2.11. The Morgan fingerprint density at radius 3 is 2.76 bits per heavy atom. The molecule has 0 saturated carbocycles. The van der Waals surface area contributed by atoms with E-state index in [9.17, 15) is 9.59 Å². The van der Waals surface area contributed by atoms with Crippen molar-refractivity contribution in [3.05, 3.63) is 41.6 Å². The fourth-order valence-corrected chi connectivity index (χ4v) is 3.44. The van der Waals surface area contributed by atoms with Crippen LogP contribution < -0.4 is 5.32 Å². The molecule has 134 valence electrons. The minimum Gasteiger partial charge on any atom is -0.464 e. The second-order valence-corrected chi connectivity index (χ2v) is 6.72. The lowest BCUT2D eigenvalue weighted by Gasteiger charge is -2.38. The number of nitrogens with zero attached hydrogens (tertiary/aromatic N) is 3. The number of aromatic nitrogens is 2. The first-order valence-electron chi connectivity index (χ1n) is 8.47. The molecule has 0 spiro atoms. The molecule has 0 unspecified atom stereocenters. The number of amides is 2. The zero-order valence-electron chi connectivity index (χ0n) is 15.0. The van der Waals surface area contributed by atoms with Gasteiger partial charge in [-0.1, -0.05) is 0 Å². The van der Waals surface area contributed by atoms with Crippen molar-refractivity contribution in [3.8, 4) is 0 Å². The Morgan fingerprint density at radius 2 is 2.16 bits per heavy atom. The van der Waals surface area contributed by atoms with E-state index in [1.807, 2.05) is 39.2 Å². The first-order chi connectivity index (χ1) is 11.9. The van der Waals surface area contributed by atoms with Gasteiger partial charge in [0.2, 0.25) is 11.8 Å². The number of hydrogen-bond acceptors (Lipinski definition) is 4. The van der Waals surface area contributed by atoms with E-state index in [1.165, 1.54) is 0 Å². The standard InChI is InChI=1S/C18H24N4O3/c1-11-5-7-15(25-11)12(2)20-18(24)14-6-8-16(23)22(4)17(14)13-9-19-21(3)10-13/h5,7,9-10,12,14,17H,6,8H2,1-4H3,(H,20,24)/t12-,14+,17-/m0/s1. The van der Waals surface area contributed by atoms with Crippen LogP contribution in [0.4, 0.5) is 0 Å². The van der Waals surface area contributed by atoms with E-state index in [2.05, 4.69) is 10.4 Å². The van der Waals surface area contributed by atoms with E-state index in [0.717, 1.165) is 17.1 Å². The predicted molar refractivity (Wildman–Crippen MR) is 91.4 cm³/mol. The van der Waals surface area contributed by atoms with Crippen molar-refractivity contribution in [2.75, 3.05) is 7.05 Å². The molecule has 7 nitrogen and oxygen atoms in total. The largest absolute Gasteiger partial charge is 0.464 e. The topological polar surface area (TPSA) is 80.4 Å². The highest BCUT2D eigenvalue weighted by Crippen LogP contribution is 2.36. The van der Waals surface area contributed by atoms with Crippen LogP contribution >= 0.6 is 0 Å². The van der Waals surface area contributed by atoms with Gasteiger partial charge >= 0.3 is 0 Å². The van der Waals surface area contributed by atoms with Gasteiger partial charge in [-0.3, -0.25) is 14.3 Å². The molecule has 0 radical (unpaired) electrons. The monoisotopic (exact) mass is 344 g/mol. The van der Waals surface area contributed by atoms with Crippen LogP contribution in [0.3, 0.4) is 0 Å². The van der Waals surface area contributed by atoms with E-state index in [4.69, 9.17) is 4.42 Å². The molecule has 25 heavy (non-hydrogen) atoms. The average Bonchev–Trinajstić information content (AvgIpc) is 3.18. The average molecular weight is 344 g/mol. The molecule has 3 atom stereocenters. The number of furan rings is 1. The lowest BCUT2D eigenvalue weighted by Crippen LogP contribution is -2.46. The Kier molecular flexibility index (Phi) is 4.65. The van der Waals surface area contributed by atoms with Gasteiger partial charge in [-0.15, -0.1) is 0 Å². The summed E-state index contributed by atoms with van der Waals surface area (Å²) in [5.74, 6) is 1.20. The van der Waals surface area contributed by atoms with Crippen LogP contribution in [0, 0.1) is 12.8 Å². The molecule has 3 heterocycles. The van der Waals surface area contributed by atoms with Crippen LogP contribution in [0.25, 0.3) is 0 Å².